The molecule has 2 heterocycles. The van der Waals surface area contributed by atoms with Crippen LogP contribution in [0, 0.1) is 5.82 Å². The van der Waals surface area contributed by atoms with Crippen molar-refractivity contribution in [3.8, 4) is 22.8 Å². The van der Waals surface area contributed by atoms with Gasteiger partial charge in [0.25, 0.3) is 0 Å². The van der Waals surface area contributed by atoms with Crippen LogP contribution in [0.3, 0.4) is 0 Å². The maximum absolute atomic E-state index is 13.3. The molecule has 4 rings (SSSR count). The lowest BCUT2D eigenvalue weighted by Crippen LogP contribution is -2.13. The first kappa shape index (κ1) is 21.9. The van der Waals surface area contributed by atoms with Crippen molar-refractivity contribution in [2.24, 2.45) is 5.73 Å². The maximum Gasteiger partial charge on any atom is 0.248 e. The zero-order chi connectivity index (χ0) is 22.4. The second kappa shape index (κ2) is 9.80. The summed E-state index contributed by atoms with van der Waals surface area (Å²) < 4.78 is 19.2. The smallest absolute Gasteiger partial charge is 0.248 e. The maximum atomic E-state index is 13.3. The molecule has 31 heavy (non-hydrogen) atoms. The molecular formula is C25H24FN3O2. The highest BCUT2D eigenvalue weighted by Crippen LogP contribution is 2.28. The van der Waals surface area contributed by atoms with Crippen LogP contribution in [0.1, 0.15) is 36.7 Å². The number of ether oxygens (including phenoxy) is 1. The summed E-state index contributed by atoms with van der Waals surface area (Å²) in [5.74, 6) is 0.364. The zero-order valence-corrected chi connectivity index (χ0v) is 17.7. The quantitative estimate of drug-likeness (QED) is 0.437. The fourth-order valence-electron chi connectivity index (χ4n) is 3.18. The molecule has 0 saturated carbocycles. The van der Waals surface area contributed by atoms with Crippen LogP contribution in [0.25, 0.3) is 22.2 Å². The number of rotatable bonds is 5. The topological polar surface area (TPSA) is 78.1 Å². The zero-order valence-electron chi connectivity index (χ0n) is 17.7. The minimum atomic E-state index is -0.442. The van der Waals surface area contributed by atoms with Crippen LogP contribution in [-0.2, 0) is 6.42 Å². The normalized spacial score (nSPS) is 10.3. The molecule has 1 amide bonds. The van der Waals surface area contributed by atoms with Crippen molar-refractivity contribution in [3.63, 3.8) is 0 Å². The number of pyridine rings is 2. The number of halogens is 1. The van der Waals surface area contributed by atoms with E-state index in [2.05, 4.69) is 9.97 Å². The lowest BCUT2D eigenvalue weighted by molar-refractivity contribution is 0.0999. The molecule has 0 aliphatic heterocycles. The highest BCUT2D eigenvalue weighted by molar-refractivity contribution is 5.95. The fraction of sp³-hybridized carbons (Fsp3) is 0.160. The number of hydrogen-bond donors (Lipinski definition) is 1. The molecule has 158 valence electrons. The first-order chi connectivity index (χ1) is 15.0. The third kappa shape index (κ3) is 5.04. The van der Waals surface area contributed by atoms with E-state index in [0.717, 1.165) is 16.5 Å². The average molecular weight is 417 g/mol. The summed E-state index contributed by atoms with van der Waals surface area (Å²) in [7, 11) is 0. The van der Waals surface area contributed by atoms with Gasteiger partial charge in [-0.05, 0) is 48.4 Å². The molecule has 2 aromatic carbocycles. The molecule has 0 bridgehead atoms. The number of aryl methyl sites for hydroxylation is 1. The second-order valence-corrected chi connectivity index (χ2v) is 6.58. The highest BCUT2D eigenvalue weighted by atomic mass is 19.1. The van der Waals surface area contributed by atoms with E-state index in [9.17, 15) is 9.18 Å². The summed E-state index contributed by atoms with van der Waals surface area (Å²) in [4.78, 5) is 20.2. The molecule has 0 aliphatic carbocycles. The third-order valence-corrected chi connectivity index (χ3v) is 4.64. The van der Waals surface area contributed by atoms with E-state index in [4.69, 9.17) is 10.5 Å². The summed E-state index contributed by atoms with van der Waals surface area (Å²) in [6.07, 6.45) is 3.90. The molecule has 0 aliphatic rings. The molecule has 0 unspecified atom stereocenters. The molecule has 0 saturated heterocycles. The molecule has 5 nitrogen and oxygen atoms in total. The number of amides is 1. The molecule has 0 spiro atoms. The molecule has 4 aromatic rings. The lowest BCUT2D eigenvalue weighted by Gasteiger charge is -2.10. The van der Waals surface area contributed by atoms with Gasteiger partial charge in [-0.2, -0.15) is 0 Å². The van der Waals surface area contributed by atoms with Crippen LogP contribution in [0.5, 0.6) is 11.5 Å². The Labute approximate surface area is 180 Å². The largest absolute Gasteiger partial charge is 0.456 e. The number of aromatic nitrogens is 2. The van der Waals surface area contributed by atoms with Crippen molar-refractivity contribution in [2.45, 2.75) is 27.2 Å². The van der Waals surface area contributed by atoms with E-state index >= 15 is 0 Å². The van der Waals surface area contributed by atoms with E-state index in [-0.39, 0.29) is 5.82 Å². The molecule has 0 fully saturated rings. The van der Waals surface area contributed by atoms with Crippen molar-refractivity contribution < 1.29 is 13.9 Å². The van der Waals surface area contributed by atoms with Crippen LogP contribution >= 0.6 is 0 Å². The molecule has 0 radical (unpaired) electrons. The third-order valence-electron chi connectivity index (χ3n) is 4.64. The number of hydrogen-bond acceptors (Lipinski definition) is 4. The number of primary amides is 1. The lowest BCUT2D eigenvalue weighted by atomic mass is 9.99. The molecule has 0 atom stereocenters. The van der Waals surface area contributed by atoms with Crippen molar-refractivity contribution in [3.05, 3.63) is 83.9 Å². The van der Waals surface area contributed by atoms with Gasteiger partial charge in [0.05, 0.1) is 17.4 Å². The number of nitrogens with two attached hydrogens (primary N) is 1. The Morgan fingerprint density at radius 1 is 1.00 bits per heavy atom. The summed E-state index contributed by atoms with van der Waals surface area (Å²) in [5, 5.41) is 0.785. The summed E-state index contributed by atoms with van der Waals surface area (Å²) in [6.45, 7) is 5.97. The average Bonchev–Trinajstić information content (AvgIpc) is 2.80. The van der Waals surface area contributed by atoms with E-state index in [0.29, 0.717) is 34.7 Å². The molecule has 2 aromatic heterocycles. The molecule has 6 heteroatoms. The highest BCUT2D eigenvalue weighted by Gasteiger charge is 2.10. The Balaban J connectivity index is 0.00000132. The van der Waals surface area contributed by atoms with Crippen molar-refractivity contribution in [1.82, 2.24) is 9.97 Å². The number of carbonyl (C=O) groups is 1. The van der Waals surface area contributed by atoms with Gasteiger partial charge in [0.15, 0.2) is 0 Å². The van der Waals surface area contributed by atoms with E-state index in [1.54, 1.807) is 36.7 Å². The van der Waals surface area contributed by atoms with Gasteiger partial charge >= 0.3 is 0 Å². The standard InChI is InChI=1S/C23H18FN3O2.C2H6/c1-2-14-9-15(4-6-20(14)23(25)28)22-12-18(7-8-26-22)29-19-10-16-3-5-17(24)11-21(16)27-13-19;1-2/h3-13H,2H2,1H3,(H2,25,28);1-2H3. The Kier molecular flexibility index (Phi) is 6.92. The Morgan fingerprint density at radius 3 is 2.55 bits per heavy atom. The van der Waals surface area contributed by atoms with Crippen LogP contribution in [-0.4, -0.2) is 15.9 Å². The van der Waals surface area contributed by atoms with Gasteiger partial charge < -0.3 is 10.5 Å². The molecular weight excluding hydrogens is 393 g/mol. The predicted octanol–water partition coefficient (Wildman–Crippen LogP) is 5.92. The summed E-state index contributed by atoms with van der Waals surface area (Å²) >= 11 is 0. The van der Waals surface area contributed by atoms with Crippen LogP contribution in [0.4, 0.5) is 4.39 Å². The Hall–Kier alpha value is -3.80. The van der Waals surface area contributed by atoms with E-state index in [1.165, 1.54) is 12.1 Å². The van der Waals surface area contributed by atoms with Gasteiger partial charge in [0, 0.05) is 34.8 Å². The summed E-state index contributed by atoms with van der Waals surface area (Å²) in [6, 6.07) is 15.2. The van der Waals surface area contributed by atoms with Crippen molar-refractivity contribution >= 4 is 16.8 Å². The van der Waals surface area contributed by atoms with Gasteiger partial charge in [-0.25, -0.2) is 4.39 Å². The first-order valence-corrected chi connectivity index (χ1v) is 10.2. The van der Waals surface area contributed by atoms with E-state index < -0.39 is 5.91 Å². The minimum absolute atomic E-state index is 0.328. The van der Waals surface area contributed by atoms with Crippen molar-refractivity contribution in [1.29, 1.82) is 0 Å². The van der Waals surface area contributed by atoms with Gasteiger partial charge in [-0.1, -0.05) is 26.8 Å². The SMILES string of the molecule is CC.CCc1cc(-c2cc(Oc3cnc4cc(F)ccc4c3)ccn2)ccc1C(N)=O. The molecule has 2 N–H and O–H groups in total. The second-order valence-electron chi connectivity index (χ2n) is 6.58. The first-order valence-electron chi connectivity index (χ1n) is 10.2. The minimum Gasteiger partial charge on any atom is -0.456 e. The van der Waals surface area contributed by atoms with Crippen LogP contribution in [0.2, 0.25) is 0 Å². The number of benzene rings is 2. The van der Waals surface area contributed by atoms with Gasteiger partial charge in [0.2, 0.25) is 5.91 Å². The van der Waals surface area contributed by atoms with Crippen LogP contribution in [0.15, 0.2) is 67.0 Å². The summed E-state index contributed by atoms with van der Waals surface area (Å²) in [5.41, 5.74) is 8.96. The Morgan fingerprint density at radius 2 is 1.81 bits per heavy atom. The predicted molar refractivity (Wildman–Crippen MR) is 121 cm³/mol. The monoisotopic (exact) mass is 417 g/mol. The number of nitrogens with zero attached hydrogens (tertiary/aromatic N) is 2. The number of fused-ring (bicyclic) bond motifs is 1. The van der Waals surface area contributed by atoms with Gasteiger partial charge in [-0.15, -0.1) is 0 Å². The van der Waals surface area contributed by atoms with Gasteiger partial charge in [0.1, 0.15) is 17.3 Å². The Bertz CT molecular complexity index is 1220. The van der Waals surface area contributed by atoms with Gasteiger partial charge in [-0.3, -0.25) is 14.8 Å². The van der Waals surface area contributed by atoms with Crippen LogP contribution < -0.4 is 10.5 Å². The fourth-order valence-corrected chi connectivity index (χ4v) is 3.18. The van der Waals surface area contributed by atoms with Crippen molar-refractivity contribution in [2.75, 3.05) is 0 Å². The number of carbonyl (C=O) groups excluding carboxylic acids is 1. The van der Waals surface area contributed by atoms with E-state index in [1.807, 2.05) is 39.0 Å².